The van der Waals surface area contributed by atoms with E-state index in [2.05, 4.69) is 47.8 Å². The lowest BCUT2D eigenvalue weighted by molar-refractivity contribution is 0.103. The van der Waals surface area contributed by atoms with Crippen molar-refractivity contribution in [3.63, 3.8) is 0 Å². The summed E-state index contributed by atoms with van der Waals surface area (Å²) in [5.74, 6) is 0. The Morgan fingerprint density at radius 1 is 1.07 bits per heavy atom. The molecular weight excluding hydrogens is 186 g/mol. The van der Waals surface area contributed by atoms with Gasteiger partial charge in [-0.1, -0.05) is 42.5 Å². The Morgan fingerprint density at radius 3 is 2.80 bits per heavy atom. The first-order valence-corrected chi connectivity index (χ1v) is 5.28. The largest absolute Gasteiger partial charge is 0.358 e. The van der Waals surface area contributed by atoms with Crippen LogP contribution in [0.2, 0.25) is 0 Å². The predicted molar refractivity (Wildman–Crippen MR) is 60.6 cm³/mol. The zero-order chi connectivity index (χ0) is 10.1. The van der Waals surface area contributed by atoms with Gasteiger partial charge in [0.2, 0.25) is 0 Å². The third-order valence-corrected chi connectivity index (χ3v) is 2.82. The lowest BCUT2D eigenvalue weighted by Crippen LogP contribution is -2.14. The summed E-state index contributed by atoms with van der Waals surface area (Å²) in [6.07, 6.45) is 0.0658. The molecular formula is C13H13NO. The molecule has 1 unspecified atom stereocenters. The van der Waals surface area contributed by atoms with Crippen molar-refractivity contribution in [2.24, 2.45) is 0 Å². The summed E-state index contributed by atoms with van der Waals surface area (Å²) in [6, 6.07) is 14.8. The van der Waals surface area contributed by atoms with Crippen molar-refractivity contribution < 1.29 is 4.74 Å². The smallest absolute Gasteiger partial charge is 0.135 e. The van der Waals surface area contributed by atoms with Crippen LogP contribution in [0.3, 0.4) is 0 Å². The van der Waals surface area contributed by atoms with Crippen LogP contribution in [-0.2, 0) is 4.74 Å². The Hall–Kier alpha value is -1.38. The van der Waals surface area contributed by atoms with Crippen molar-refractivity contribution >= 4 is 10.8 Å². The highest BCUT2D eigenvalue weighted by atomic mass is 16.5. The lowest BCUT2D eigenvalue weighted by atomic mass is 10.0. The molecule has 0 aromatic heterocycles. The minimum Gasteiger partial charge on any atom is -0.358 e. The second-order valence-corrected chi connectivity index (χ2v) is 3.77. The molecule has 0 amide bonds. The molecule has 76 valence electrons. The average molecular weight is 199 g/mol. The number of fused-ring (bicyclic) bond motifs is 1. The highest BCUT2D eigenvalue weighted by Crippen LogP contribution is 2.26. The monoisotopic (exact) mass is 199 g/mol. The van der Waals surface area contributed by atoms with Gasteiger partial charge in [-0.25, -0.2) is 0 Å². The van der Waals surface area contributed by atoms with Crippen molar-refractivity contribution in [3.8, 4) is 0 Å². The summed E-state index contributed by atoms with van der Waals surface area (Å²) in [5, 5.41) is 5.89. The summed E-state index contributed by atoms with van der Waals surface area (Å²) >= 11 is 0. The number of hydrogen-bond acceptors (Lipinski definition) is 2. The van der Waals surface area contributed by atoms with E-state index in [1.54, 1.807) is 0 Å². The van der Waals surface area contributed by atoms with Gasteiger partial charge < -0.3 is 4.74 Å². The molecule has 2 heteroatoms. The zero-order valence-corrected chi connectivity index (χ0v) is 8.44. The van der Waals surface area contributed by atoms with Crippen LogP contribution in [0.5, 0.6) is 0 Å². The maximum Gasteiger partial charge on any atom is 0.135 e. The van der Waals surface area contributed by atoms with Crippen LogP contribution in [0.15, 0.2) is 42.5 Å². The number of benzene rings is 2. The van der Waals surface area contributed by atoms with Crippen LogP contribution in [0, 0.1) is 0 Å². The number of ether oxygens (including phenoxy) is 1. The standard InChI is InChI=1S/C13H13NO/c1-2-6-11-10(4-1)5-3-7-12(11)13-14-8-9-15-13/h1-7,13-14H,8-9H2. The van der Waals surface area contributed by atoms with E-state index in [-0.39, 0.29) is 6.23 Å². The Morgan fingerprint density at radius 2 is 1.93 bits per heavy atom. The zero-order valence-electron chi connectivity index (χ0n) is 8.44. The molecule has 3 rings (SSSR count). The van der Waals surface area contributed by atoms with E-state index in [1.807, 2.05) is 0 Å². The normalized spacial score (nSPS) is 20.9. The van der Waals surface area contributed by atoms with Crippen molar-refractivity contribution in [3.05, 3.63) is 48.0 Å². The Kier molecular flexibility index (Phi) is 2.16. The third kappa shape index (κ3) is 1.52. The van der Waals surface area contributed by atoms with E-state index < -0.39 is 0 Å². The molecule has 0 radical (unpaired) electrons. The second kappa shape index (κ2) is 3.65. The van der Waals surface area contributed by atoms with Crippen LogP contribution in [0.1, 0.15) is 11.8 Å². The Labute approximate surface area is 88.9 Å². The molecule has 2 nitrogen and oxygen atoms in total. The Balaban J connectivity index is 2.16. The van der Waals surface area contributed by atoms with E-state index in [1.165, 1.54) is 16.3 Å². The molecule has 1 saturated heterocycles. The molecule has 1 heterocycles. The van der Waals surface area contributed by atoms with Crippen molar-refractivity contribution in [2.45, 2.75) is 6.23 Å². The number of nitrogens with one attached hydrogen (secondary N) is 1. The highest BCUT2D eigenvalue weighted by molar-refractivity contribution is 5.85. The van der Waals surface area contributed by atoms with E-state index in [0.717, 1.165) is 13.2 Å². The molecule has 0 bridgehead atoms. The summed E-state index contributed by atoms with van der Waals surface area (Å²) in [7, 11) is 0. The summed E-state index contributed by atoms with van der Waals surface area (Å²) in [5.41, 5.74) is 1.24. The number of rotatable bonds is 1. The molecule has 2 aromatic carbocycles. The van der Waals surface area contributed by atoms with Crippen LogP contribution in [0.25, 0.3) is 10.8 Å². The van der Waals surface area contributed by atoms with Crippen LogP contribution >= 0.6 is 0 Å². The quantitative estimate of drug-likeness (QED) is 0.761. The highest BCUT2D eigenvalue weighted by Gasteiger charge is 2.18. The molecule has 1 fully saturated rings. The summed E-state index contributed by atoms with van der Waals surface area (Å²) < 4.78 is 5.64. The van der Waals surface area contributed by atoms with Gasteiger partial charge in [-0.3, -0.25) is 5.32 Å². The predicted octanol–water partition coefficient (Wildman–Crippen LogP) is 2.46. The van der Waals surface area contributed by atoms with E-state index >= 15 is 0 Å². The molecule has 0 saturated carbocycles. The molecule has 1 aliphatic heterocycles. The summed E-state index contributed by atoms with van der Waals surface area (Å²) in [6.45, 7) is 1.74. The average Bonchev–Trinajstić information content (AvgIpc) is 2.82. The molecule has 0 aliphatic carbocycles. The fraction of sp³-hybridized carbons (Fsp3) is 0.231. The Bertz CT molecular complexity index is 469. The molecule has 1 aliphatic rings. The van der Waals surface area contributed by atoms with Crippen molar-refractivity contribution in [1.82, 2.24) is 5.32 Å². The van der Waals surface area contributed by atoms with E-state index in [4.69, 9.17) is 4.74 Å². The molecule has 2 aromatic rings. The molecule has 15 heavy (non-hydrogen) atoms. The molecule has 0 spiro atoms. The minimum absolute atomic E-state index is 0.0658. The van der Waals surface area contributed by atoms with Crippen molar-refractivity contribution in [1.29, 1.82) is 0 Å². The fourth-order valence-electron chi connectivity index (χ4n) is 2.10. The first-order valence-electron chi connectivity index (χ1n) is 5.28. The van der Waals surface area contributed by atoms with Gasteiger partial charge in [-0.05, 0) is 10.8 Å². The minimum atomic E-state index is 0.0658. The SMILES string of the molecule is c1ccc2c(C3NCCO3)cccc2c1. The first kappa shape index (κ1) is 8.89. The van der Waals surface area contributed by atoms with Gasteiger partial charge in [0, 0.05) is 12.1 Å². The van der Waals surface area contributed by atoms with Crippen LogP contribution in [0.4, 0.5) is 0 Å². The van der Waals surface area contributed by atoms with Gasteiger partial charge in [0.05, 0.1) is 6.61 Å². The van der Waals surface area contributed by atoms with Gasteiger partial charge >= 0.3 is 0 Å². The van der Waals surface area contributed by atoms with Gasteiger partial charge in [0.1, 0.15) is 6.23 Å². The molecule has 1 atom stereocenters. The first-order chi connectivity index (χ1) is 7.45. The maximum absolute atomic E-state index is 5.64. The number of hydrogen-bond donors (Lipinski definition) is 1. The van der Waals surface area contributed by atoms with Gasteiger partial charge in [0.15, 0.2) is 0 Å². The van der Waals surface area contributed by atoms with Crippen molar-refractivity contribution in [2.75, 3.05) is 13.2 Å². The third-order valence-electron chi connectivity index (χ3n) is 2.82. The van der Waals surface area contributed by atoms with Crippen LogP contribution in [-0.4, -0.2) is 13.2 Å². The topological polar surface area (TPSA) is 21.3 Å². The maximum atomic E-state index is 5.64. The second-order valence-electron chi connectivity index (χ2n) is 3.77. The van der Waals surface area contributed by atoms with Gasteiger partial charge in [-0.15, -0.1) is 0 Å². The summed E-state index contributed by atoms with van der Waals surface area (Å²) in [4.78, 5) is 0. The fourth-order valence-corrected chi connectivity index (χ4v) is 2.10. The van der Waals surface area contributed by atoms with E-state index in [0.29, 0.717) is 0 Å². The molecule has 1 N–H and O–H groups in total. The van der Waals surface area contributed by atoms with Crippen LogP contribution < -0.4 is 5.32 Å². The van der Waals surface area contributed by atoms with E-state index in [9.17, 15) is 0 Å². The lowest BCUT2D eigenvalue weighted by Gasteiger charge is -2.13. The van der Waals surface area contributed by atoms with Gasteiger partial charge in [0.25, 0.3) is 0 Å². The van der Waals surface area contributed by atoms with Gasteiger partial charge in [-0.2, -0.15) is 0 Å².